The average Bonchev–Trinajstić information content (AvgIpc) is 2.87. The molecule has 0 aliphatic rings. The highest BCUT2D eigenvalue weighted by Gasteiger charge is 2.04. The summed E-state index contributed by atoms with van der Waals surface area (Å²) in [6, 6.07) is 6.89. The Morgan fingerprint density at radius 2 is 2.33 bits per heavy atom. The summed E-state index contributed by atoms with van der Waals surface area (Å²) in [5, 5.41) is 7.02. The lowest BCUT2D eigenvalue weighted by molar-refractivity contribution is 0.0953. The molecule has 1 amide bonds. The second-order valence-corrected chi connectivity index (χ2v) is 4.34. The first-order valence-corrected chi connectivity index (χ1v) is 6.05. The van der Waals surface area contributed by atoms with Crippen molar-refractivity contribution in [1.29, 1.82) is 0 Å². The molecule has 1 N–H and O–H groups in total. The van der Waals surface area contributed by atoms with Crippen molar-refractivity contribution in [3.63, 3.8) is 0 Å². The molecule has 1 aromatic carbocycles. The third-order valence-electron chi connectivity index (χ3n) is 2.50. The van der Waals surface area contributed by atoms with Crippen LogP contribution in [0.3, 0.4) is 0 Å². The SMILES string of the molecule is O=C(NCCCc1cnoc1)c1cccc(Cl)c1. The van der Waals surface area contributed by atoms with Crippen LogP contribution in [0.1, 0.15) is 22.3 Å². The van der Waals surface area contributed by atoms with E-state index in [1.807, 2.05) is 0 Å². The molecule has 5 heteroatoms. The fourth-order valence-corrected chi connectivity index (χ4v) is 1.77. The summed E-state index contributed by atoms with van der Waals surface area (Å²) < 4.78 is 4.72. The molecule has 94 valence electrons. The maximum absolute atomic E-state index is 11.8. The molecule has 4 nitrogen and oxygen atoms in total. The first-order valence-electron chi connectivity index (χ1n) is 5.68. The van der Waals surface area contributed by atoms with Crippen LogP contribution in [-0.2, 0) is 6.42 Å². The highest BCUT2D eigenvalue weighted by atomic mass is 35.5. The van der Waals surface area contributed by atoms with Crippen LogP contribution >= 0.6 is 11.6 Å². The molecule has 18 heavy (non-hydrogen) atoms. The molecule has 2 aromatic rings. The summed E-state index contributed by atoms with van der Waals surface area (Å²) in [5.74, 6) is -0.109. The minimum Gasteiger partial charge on any atom is -0.364 e. The predicted octanol–water partition coefficient (Wildman–Crippen LogP) is 2.69. The van der Waals surface area contributed by atoms with E-state index in [9.17, 15) is 4.79 Å². The van der Waals surface area contributed by atoms with Gasteiger partial charge in [-0.25, -0.2) is 0 Å². The normalized spacial score (nSPS) is 10.3. The predicted molar refractivity (Wildman–Crippen MR) is 68.6 cm³/mol. The molecule has 1 aromatic heterocycles. The van der Waals surface area contributed by atoms with E-state index in [1.54, 1.807) is 36.7 Å². The molecular weight excluding hydrogens is 252 g/mol. The Bertz CT molecular complexity index is 511. The van der Waals surface area contributed by atoms with Gasteiger partial charge in [0.05, 0.1) is 6.20 Å². The van der Waals surface area contributed by atoms with Gasteiger partial charge in [0.1, 0.15) is 6.26 Å². The standard InChI is InChI=1S/C13H13ClN2O2/c14-12-5-1-4-11(7-12)13(17)15-6-2-3-10-8-16-18-9-10/h1,4-5,7-9H,2-3,6H2,(H,15,17). The van der Waals surface area contributed by atoms with Crippen molar-refractivity contribution >= 4 is 17.5 Å². The van der Waals surface area contributed by atoms with E-state index in [0.717, 1.165) is 18.4 Å². The number of hydrogen-bond donors (Lipinski definition) is 1. The molecular formula is C13H13ClN2O2. The molecule has 0 aliphatic heterocycles. The van der Waals surface area contributed by atoms with Crippen LogP contribution in [0.25, 0.3) is 0 Å². The van der Waals surface area contributed by atoms with Crippen LogP contribution in [0.2, 0.25) is 5.02 Å². The number of rotatable bonds is 5. The van der Waals surface area contributed by atoms with Gasteiger partial charge in [0.2, 0.25) is 0 Å². The van der Waals surface area contributed by atoms with Crippen LogP contribution in [-0.4, -0.2) is 17.6 Å². The lowest BCUT2D eigenvalue weighted by Gasteiger charge is -2.04. The van der Waals surface area contributed by atoms with E-state index in [0.29, 0.717) is 17.1 Å². The van der Waals surface area contributed by atoms with E-state index in [2.05, 4.69) is 10.5 Å². The first-order chi connectivity index (χ1) is 8.75. The largest absolute Gasteiger partial charge is 0.364 e. The molecule has 0 saturated heterocycles. The number of nitrogens with zero attached hydrogens (tertiary/aromatic N) is 1. The van der Waals surface area contributed by atoms with Gasteiger partial charge in [0.25, 0.3) is 5.91 Å². The smallest absolute Gasteiger partial charge is 0.251 e. The van der Waals surface area contributed by atoms with Gasteiger partial charge in [-0.2, -0.15) is 0 Å². The maximum atomic E-state index is 11.8. The highest BCUT2D eigenvalue weighted by Crippen LogP contribution is 2.10. The lowest BCUT2D eigenvalue weighted by Crippen LogP contribution is -2.24. The zero-order valence-electron chi connectivity index (χ0n) is 9.73. The number of aryl methyl sites for hydroxylation is 1. The van der Waals surface area contributed by atoms with Crippen molar-refractivity contribution in [1.82, 2.24) is 10.5 Å². The van der Waals surface area contributed by atoms with Crippen LogP contribution < -0.4 is 5.32 Å². The fraction of sp³-hybridized carbons (Fsp3) is 0.231. The summed E-state index contributed by atoms with van der Waals surface area (Å²) >= 11 is 5.82. The summed E-state index contributed by atoms with van der Waals surface area (Å²) in [4.78, 5) is 11.8. The van der Waals surface area contributed by atoms with Gasteiger partial charge < -0.3 is 9.84 Å². The highest BCUT2D eigenvalue weighted by molar-refractivity contribution is 6.30. The topological polar surface area (TPSA) is 55.1 Å². The minimum atomic E-state index is -0.109. The van der Waals surface area contributed by atoms with Crippen LogP contribution in [0.4, 0.5) is 0 Å². The summed E-state index contributed by atoms with van der Waals surface area (Å²) in [6.45, 7) is 0.608. The van der Waals surface area contributed by atoms with Gasteiger partial charge in [-0.1, -0.05) is 22.8 Å². The molecule has 1 heterocycles. The van der Waals surface area contributed by atoms with Crippen molar-refractivity contribution in [2.45, 2.75) is 12.8 Å². The number of hydrogen-bond acceptors (Lipinski definition) is 3. The van der Waals surface area contributed by atoms with Crippen molar-refractivity contribution in [2.75, 3.05) is 6.54 Å². The number of benzene rings is 1. The van der Waals surface area contributed by atoms with E-state index >= 15 is 0 Å². The zero-order chi connectivity index (χ0) is 12.8. The summed E-state index contributed by atoms with van der Waals surface area (Å²) in [7, 11) is 0. The molecule has 0 aliphatic carbocycles. The Kier molecular flexibility index (Phi) is 4.36. The van der Waals surface area contributed by atoms with Gasteiger partial charge in [0.15, 0.2) is 0 Å². The van der Waals surface area contributed by atoms with Crippen molar-refractivity contribution in [2.24, 2.45) is 0 Å². The molecule has 0 fully saturated rings. The molecule has 0 unspecified atom stereocenters. The van der Waals surface area contributed by atoms with Crippen LogP contribution in [0, 0.1) is 0 Å². The molecule has 0 saturated carbocycles. The number of nitrogens with one attached hydrogen (secondary N) is 1. The van der Waals surface area contributed by atoms with E-state index in [4.69, 9.17) is 16.1 Å². The molecule has 0 bridgehead atoms. The van der Waals surface area contributed by atoms with Gasteiger partial charge in [0, 0.05) is 22.7 Å². The Morgan fingerprint density at radius 3 is 3.06 bits per heavy atom. The maximum Gasteiger partial charge on any atom is 0.251 e. The van der Waals surface area contributed by atoms with Crippen molar-refractivity contribution in [3.05, 3.63) is 52.9 Å². The number of carbonyl (C=O) groups is 1. The Balaban J connectivity index is 1.75. The zero-order valence-corrected chi connectivity index (χ0v) is 10.5. The van der Waals surface area contributed by atoms with Crippen molar-refractivity contribution < 1.29 is 9.32 Å². The Hall–Kier alpha value is -1.81. The third-order valence-corrected chi connectivity index (χ3v) is 2.73. The van der Waals surface area contributed by atoms with Gasteiger partial charge >= 0.3 is 0 Å². The van der Waals surface area contributed by atoms with Crippen LogP contribution in [0.5, 0.6) is 0 Å². The van der Waals surface area contributed by atoms with Crippen molar-refractivity contribution in [3.8, 4) is 0 Å². The average molecular weight is 265 g/mol. The van der Waals surface area contributed by atoms with Crippen LogP contribution in [0.15, 0.2) is 41.2 Å². The Labute approximate surface area is 110 Å². The summed E-state index contributed by atoms with van der Waals surface area (Å²) in [5.41, 5.74) is 1.61. The molecule has 0 radical (unpaired) electrons. The van der Waals surface area contributed by atoms with E-state index < -0.39 is 0 Å². The van der Waals surface area contributed by atoms with E-state index in [-0.39, 0.29) is 5.91 Å². The number of aromatic nitrogens is 1. The lowest BCUT2D eigenvalue weighted by atomic mass is 10.2. The fourth-order valence-electron chi connectivity index (χ4n) is 1.58. The molecule has 2 rings (SSSR count). The second kappa shape index (κ2) is 6.21. The molecule has 0 atom stereocenters. The van der Waals surface area contributed by atoms with Gasteiger partial charge in [-0.3, -0.25) is 4.79 Å². The number of amides is 1. The van der Waals surface area contributed by atoms with Gasteiger partial charge in [-0.05, 0) is 31.0 Å². The number of halogens is 1. The van der Waals surface area contributed by atoms with E-state index in [1.165, 1.54) is 0 Å². The first kappa shape index (κ1) is 12.6. The Morgan fingerprint density at radius 1 is 1.44 bits per heavy atom. The van der Waals surface area contributed by atoms with Gasteiger partial charge in [-0.15, -0.1) is 0 Å². The monoisotopic (exact) mass is 264 g/mol. The summed E-state index contributed by atoms with van der Waals surface area (Å²) in [6.07, 6.45) is 4.96. The second-order valence-electron chi connectivity index (χ2n) is 3.90. The molecule has 0 spiro atoms. The minimum absolute atomic E-state index is 0.109. The third kappa shape index (κ3) is 3.60. The number of carbonyl (C=O) groups excluding carboxylic acids is 1. The quantitative estimate of drug-likeness (QED) is 0.845.